The van der Waals surface area contributed by atoms with Crippen LogP contribution in [0.2, 0.25) is 0 Å². The van der Waals surface area contributed by atoms with Gasteiger partial charge in [-0.05, 0) is 29.0 Å². The van der Waals surface area contributed by atoms with Crippen molar-refractivity contribution in [3.05, 3.63) is 50.9 Å². The van der Waals surface area contributed by atoms with Crippen molar-refractivity contribution in [2.75, 3.05) is 6.54 Å². The first-order valence-electron chi connectivity index (χ1n) is 5.46. The molecule has 1 amide bonds. The number of thiophene rings is 2. The number of carbonyl (C=O) groups is 1. The lowest BCUT2D eigenvalue weighted by Gasteiger charge is -2.08. The Morgan fingerprint density at radius 1 is 1.33 bits per heavy atom. The molecule has 0 radical (unpaired) electrons. The quantitative estimate of drug-likeness (QED) is 0.827. The molecule has 0 aromatic carbocycles. The van der Waals surface area contributed by atoms with Gasteiger partial charge in [-0.2, -0.15) is 0 Å². The molecule has 1 unspecified atom stereocenters. The molecule has 0 aliphatic heterocycles. The molecule has 3 nitrogen and oxygen atoms in total. The van der Waals surface area contributed by atoms with E-state index in [2.05, 4.69) is 5.32 Å². The van der Waals surface area contributed by atoms with Gasteiger partial charge in [-0.15, -0.1) is 22.7 Å². The first kappa shape index (κ1) is 13.0. The Labute approximate surface area is 113 Å². The normalized spacial score (nSPS) is 12.7. The van der Waals surface area contributed by atoms with Crippen LogP contribution in [0.3, 0.4) is 0 Å². The van der Waals surface area contributed by atoms with Crippen molar-refractivity contribution in [3.63, 3.8) is 0 Å². The Hall–Kier alpha value is -1.43. The van der Waals surface area contributed by atoms with Gasteiger partial charge >= 0.3 is 0 Å². The second kappa shape index (κ2) is 6.49. The van der Waals surface area contributed by atoms with Crippen molar-refractivity contribution < 1.29 is 9.90 Å². The van der Waals surface area contributed by atoms with Crippen LogP contribution in [0.4, 0.5) is 0 Å². The minimum atomic E-state index is -0.635. The average Bonchev–Trinajstić information content (AvgIpc) is 3.05. The van der Waals surface area contributed by atoms with Gasteiger partial charge in [-0.1, -0.05) is 12.1 Å². The number of aliphatic hydroxyl groups is 1. The molecule has 2 rings (SSSR count). The maximum absolute atomic E-state index is 11.5. The fourth-order valence-electron chi connectivity index (χ4n) is 1.38. The number of hydrogen-bond donors (Lipinski definition) is 2. The van der Waals surface area contributed by atoms with Gasteiger partial charge in [0.25, 0.3) is 0 Å². The minimum absolute atomic E-state index is 0.195. The van der Waals surface area contributed by atoms with E-state index in [4.69, 9.17) is 0 Å². The van der Waals surface area contributed by atoms with Crippen LogP contribution >= 0.6 is 22.7 Å². The summed E-state index contributed by atoms with van der Waals surface area (Å²) in [5.74, 6) is -0.195. The van der Waals surface area contributed by atoms with Gasteiger partial charge in [0.2, 0.25) is 5.91 Å². The number of amides is 1. The number of rotatable bonds is 5. The van der Waals surface area contributed by atoms with Gasteiger partial charge in [-0.25, -0.2) is 0 Å². The molecule has 0 saturated heterocycles. The third-order valence-corrected chi connectivity index (χ3v) is 4.09. The lowest BCUT2D eigenvalue weighted by atomic mass is 10.3. The van der Waals surface area contributed by atoms with Crippen molar-refractivity contribution in [3.8, 4) is 0 Å². The lowest BCUT2D eigenvalue weighted by Crippen LogP contribution is -2.26. The van der Waals surface area contributed by atoms with E-state index in [1.165, 1.54) is 17.4 Å². The summed E-state index contributed by atoms with van der Waals surface area (Å²) in [6.45, 7) is 0.230. The van der Waals surface area contributed by atoms with Gasteiger partial charge < -0.3 is 10.4 Å². The van der Waals surface area contributed by atoms with Crippen molar-refractivity contribution in [1.82, 2.24) is 5.32 Å². The largest absolute Gasteiger partial charge is 0.386 e. The highest BCUT2D eigenvalue weighted by Gasteiger charge is 2.08. The van der Waals surface area contributed by atoms with E-state index >= 15 is 0 Å². The molecule has 2 N–H and O–H groups in total. The zero-order valence-electron chi connectivity index (χ0n) is 9.58. The predicted octanol–water partition coefficient (Wildman–Crippen LogP) is 2.67. The SMILES string of the molecule is O=C(/C=C/c1cccs1)NCC(O)c1cccs1. The summed E-state index contributed by atoms with van der Waals surface area (Å²) in [6, 6.07) is 7.60. The monoisotopic (exact) mass is 279 g/mol. The number of hydrogen-bond acceptors (Lipinski definition) is 4. The lowest BCUT2D eigenvalue weighted by molar-refractivity contribution is -0.116. The van der Waals surface area contributed by atoms with Crippen LogP contribution in [0.15, 0.2) is 41.1 Å². The molecular weight excluding hydrogens is 266 g/mol. The van der Waals surface area contributed by atoms with Crippen molar-refractivity contribution in [1.29, 1.82) is 0 Å². The first-order chi connectivity index (χ1) is 8.75. The highest BCUT2D eigenvalue weighted by molar-refractivity contribution is 7.10. The van der Waals surface area contributed by atoms with E-state index in [9.17, 15) is 9.90 Å². The summed E-state index contributed by atoms with van der Waals surface area (Å²) < 4.78 is 0. The predicted molar refractivity (Wildman–Crippen MR) is 75.6 cm³/mol. The summed E-state index contributed by atoms with van der Waals surface area (Å²) in [5.41, 5.74) is 0. The van der Waals surface area contributed by atoms with E-state index in [0.717, 1.165) is 9.75 Å². The van der Waals surface area contributed by atoms with Gasteiger partial charge in [0.1, 0.15) is 6.10 Å². The van der Waals surface area contributed by atoms with E-state index in [1.54, 1.807) is 17.4 Å². The Morgan fingerprint density at radius 3 is 2.78 bits per heavy atom. The zero-order valence-corrected chi connectivity index (χ0v) is 11.2. The third kappa shape index (κ3) is 3.80. The van der Waals surface area contributed by atoms with E-state index in [1.807, 2.05) is 35.0 Å². The second-order valence-corrected chi connectivity index (χ2v) is 5.58. The van der Waals surface area contributed by atoms with E-state index < -0.39 is 6.10 Å². The zero-order chi connectivity index (χ0) is 12.8. The summed E-state index contributed by atoms with van der Waals surface area (Å²) in [7, 11) is 0. The summed E-state index contributed by atoms with van der Waals surface area (Å²) >= 11 is 3.05. The molecule has 0 spiro atoms. The smallest absolute Gasteiger partial charge is 0.244 e. The Balaban J connectivity index is 1.78. The van der Waals surface area contributed by atoms with E-state index in [0.29, 0.717) is 0 Å². The van der Waals surface area contributed by atoms with Gasteiger partial charge in [-0.3, -0.25) is 4.79 Å². The van der Waals surface area contributed by atoms with Crippen LogP contribution in [0.5, 0.6) is 0 Å². The molecule has 0 aliphatic rings. The van der Waals surface area contributed by atoms with Crippen molar-refractivity contribution in [2.45, 2.75) is 6.10 Å². The Bertz CT molecular complexity index is 503. The molecule has 94 valence electrons. The minimum Gasteiger partial charge on any atom is -0.386 e. The maximum Gasteiger partial charge on any atom is 0.244 e. The average molecular weight is 279 g/mol. The van der Waals surface area contributed by atoms with Crippen LogP contribution in [0.1, 0.15) is 15.9 Å². The molecule has 2 aromatic rings. The Morgan fingerprint density at radius 2 is 2.11 bits per heavy atom. The van der Waals surface area contributed by atoms with Gasteiger partial charge in [0.15, 0.2) is 0 Å². The fraction of sp³-hybridized carbons (Fsp3) is 0.154. The second-order valence-electron chi connectivity index (χ2n) is 3.63. The van der Waals surface area contributed by atoms with Crippen LogP contribution in [-0.2, 0) is 4.79 Å². The number of nitrogens with one attached hydrogen (secondary N) is 1. The Kier molecular flexibility index (Phi) is 4.69. The maximum atomic E-state index is 11.5. The molecule has 5 heteroatoms. The molecule has 0 saturated carbocycles. The molecular formula is C13H13NO2S2. The highest BCUT2D eigenvalue weighted by atomic mass is 32.1. The first-order valence-corrected chi connectivity index (χ1v) is 7.22. The van der Waals surface area contributed by atoms with Crippen LogP contribution < -0.4 is 5.32 Å². The van der Waals surface area contributed by atoms with E-state index in [-0.39, 0.29) is 12.5 Å². The number of aliphatic hydroxyl groups excluding tert-OH is 1. The topological polar surface area (TPSA) is 49.3 Å². The molecule has 0 fully saturated rings. The molecule has 2 heterocycles. The highest BCUT2D eigenvalue weighted by Crippen LogP contribution is 2.17. The molecule has 0 aliphatic carbocycles. The van der Waals surface area contributed by atoms with Gasteiger partial charge in [0.05, 0.1) is 0 Å². The van der Waals surface area contributed by atoms with Crippen molar-refractivity contribution in [2.24, 2.45) is 0 Å². The fourth-order valence-corrected chi connectivity index (χ4v) is 2.71. The molecule has 18 heavy (non-hydrogen) atoms. The summed E-state index contributed by atoms with van der Waals surface area (Å²) in [6.07, 6.45) is 2.61. The van der Waals surface area contributed by atoms with Crippen LogP contribution in [-0.4, -0.2) is 17.6 Å². The van der Waals surface area contributed by atoms with Crippen LogP contribution in [0, 0.1) is 0 Å². The third-order valence-electron chi connectivity index (χ3n) is 2.28. The van der Waals surface area contributed by atoms with Crippen molar-refractivity contribution >= 4 is 34.7 Å². The summed E-state index contributed by atoms with van der Waals surface area (Å²) in [4.78, 5) is 13.4. The molecule has 1 atom stereocenters. The number of carbonyl (C=O) groups excluding carboxylic acids is 1. The molecule has 2 aromatic heterocycles. The van der Waals surface area contributed by atoms with Gasteiger partial charge in [0, 0.05) is 22.4 Å². The van der Waals surface area contributed by atoms with Crippen LogP contribution in [0.25, 0.3) is 6.08 Å². The summed E-state index contributed by atoms with van der Waals surface area (Å²) in [5, 5.41) is 16.3. The standard InChI is InChI=1S/C13H13NO2S2/c15-11(12-4-2-8-18-12)9-14-13(16)6-5-10-3-1-7-17-10/h1-8,11,15H,9H2,(H,14,16)/b6-5+. The molecule has 0 bridgehead atoms.